The Hall–Kier alpha value is 0.470. The fourth-order valence-electron chi connectivity index (χ4n) is 0.862. The van der Waals surface area contributed by atoms with Gasteiger partial charge in [-0.1, -0.05) is 26.7 Å². The molecule has 2 nitrogen and oxygen atoms in total. The third-order valence-corrected chi connectivity index (χ3v) is 1.64. The van der Waals surface area contributed by atoms with Crippen LogP contribution in [0.15, 0.2) is 0 Å². The second-order valence-electron chi connectivity index (χ2n) is 2.35. The number of amides is 1. The predicted molar refractivity (Wildman–Crippen MR) is 39.0 cm³/mol. The van der Waals surface area contributed by atoms with Crippen molar-refractivity contribution in [2.45, 2.75) is 33.1 Å². The van der Waals surface area contributed by atoms with Crippen LogP contribution < -0.4 is 35.3 Å². The van der Waals surface area contributed by atoms with Gasteiger partial charge in [0, 0.05) is 6.42 Å². The molecule has 0 saturated carbocycles. The molecule has 0 atom stereocenters. The van der Waals surface area contributed by atoms with Gasteiger partial charge in [0.05, 0.1) is 0 Å². The Morgan fingerprint density at radius 1 is 1.50 bits per heavy atom. The SMILES string of the molecule is CCC(CC)CC(N)=O.[H-].[Na+]. The van der Waals surface area contributed by atoms with Gasteiger partial charge in [0.2, 0.25) is 5.91 Å². The van der Waals surface area contributed by atoms with Gasteiger partial charge in [-0.2, -0.15) is 0 Å². The van der Waals surface area contributed by atoms with Gasteiger partial charge in [0.15, 0.2) is 0 Å². The summed E-state index contributed by atoms with van der Waals surface area (Å²) >= 11 is 0. The van der Waals surface area contributed by atoms with Crippen molar-refractivity contribution in [3.63, 3.8) is 0 Å². The molecule has 2 N–H and O–H groups in total. The van der Waals surface area contributed by atoms with Crippen LogP contribution in [0.1, 0.15) is 34.5 Å². The van der Waals surface area contributed by atoms with Crippen LogP contribution in [0, 0.1) is 5.92 Å². The molecule has 56 valence electrons. The first-order valence-electron chi connectivity index (χ1n) is 3.49. The number of rotatable bonds is 4. The zero-order valence-corrected chi connectivity index (χ0v) is 9.18. The fourth-order valence-corrected chi connectivity index (χ4v) is 0.862. The molecule has 0 saturated heterocycles. The quantitative estimate of drug-likeness (QED) is 0.486. The maximum Gasteiger partial charge on any atom is 1.00 e. The van der Waals surface area contributed by atoms with Crippen LogP contribution in [0.4, 0.5) is 0 Å². The Morgan fingerprint density at radius 3 is 2.00 bits per heavy atom. The molecule has 0 unspecified atom stereocenters. The summed E-state index contributed by atoms with van der Waals surface area (Å²) in [7, 11) is 0. The average molecular weight is 153 g/mol. The fraction of sp³-hybridized carbons (Fsp3) is 0.857. The summed E-state index contributed by atoms with van der Waals surface area (Å²) in [5.41, 5.74) is 5.01. The molecule has 1 amide bonds. The van der Waals surface area contributed by atoms with Crippen molar-refractivity contribution in [3.05, 3.63) is 0 Å². The minimum Gasteiger partial charge on any atom is -1.00 e. The molecule has 0 spiro atoms. The molecule has 3 heteroatoms. The van der Waals surface area contributed by atoms with Crippen molar-refractivity contribution in [3.8, 4) is 0 Å². The first kappa shape index (κ1) is 13.1. The van der Waals surface area contributed by atoms with E-state index in [2.05, 4.69) is 13.8 Å². The molecule has 0 aliphatic rings. The summed E-state index contributed by atoms with van der Waals surface area (Å²) < 4.78 is 0. The van der Waals surface area contributed by atoms with Crippen LogP contribution in [0.5, 0.6) is 0 Å². The minimum absolute atomic E-state index is 0. The number of carbonyl (C=O) groups excluding carboxylic acids is 1. The van der Waals surface area contributed by atoms with Gasteiger partial charge >= 0.3 is 29.6 Å². The van der Waals surface area contributed by atoms with E-state index < -0.39 is 0 Å². The second-order valence-corrected chi connectivity index (χ2v) is 2.35. The normalized spacial score (nSPS) is 9.10. The van der Waals surface area contributed by atoms with Gasteiger partial charge in [-0.25, -0.2) is 0 Å². The summed E-state index contributed by atoms with van der Waals surface area (Å²) in [6.45, 7) is 4.16. The summed E-state index contributed by atoms with van der Waals surface area (Å²) in [4.78, 5) is 10.3. The topological polar surface area (TPSA) is 43.1 Å². The van der Waals surface area contributed by atoms with Crippen LogP contribution in [-0.4, -0.2) is 5.91 Å². The Morgan fingerprint density at radius 2 is 1.90 bits per heavy atom. The van der Waals surface area contributed by atoms with Crippen molar-refractivity contribution in [2.24, 2.45) is 11.7 Å². The number of carbonyl (C=O) groups is 1. The Bertz CT molecular complexity index is 96.4. The third kappa shape index (κ3) is 6.59. The van der Waals surface area contributed by atoms with Crippen LogP contribution in [0.3, 0.4) is 0 Å². The Balaban J connectivity index is -0.000000320. The summed E-state index contributed by atoms with van der Waals surface area (Å²) in [6, 6.07) is 0. The van der Waals surface area contributed by atoms with Crippen molar-refractivity contribution in [1.29, 1.82) is 0 Å². The molecule has 0 aromatic heterocycles. The van der Waals surface area contributed by atoms with E-state index in [1.54, 1.807) is 0 Å². The van der Waals surface area contributed by atoms with Crippen LogP contribution >= 0.6 is 0 Å². The van der Waals surface area contributed by atoms with Gasteiger partial charge in [0.1, 0.15) is 0 Å². The Kier molecular flexibility index (Phi) is 9.92. The van der Waals surface area contributed by atoms with Crippen molar-refractivity contribution in [2.75, 3.05) is 0 Å². The number of nitrogens with two attached hydrogens (primary N) is 1. The number of hydrogen-bond donors (Lipinski definition) is 1. The predicted octanol–water partition coefficient (Wildman–Crippen LogP) is -1.59. The molecule has 0 rings (SSSR count). The van der Waals surface area contributed by atoms with Crippen molar-refractivity contribution >= 4 is 5.91 Å². The maximum absolute atomic E-state index is 10.3. The molecular formula is C7H16NNaO. The maximum atomic E-state index is 10.3. The van der Waals surface area contributed by atoms with Crippen LogP contribution in [0.25, 0.3) is 0 Å². The zero-order chi connectivity index (χ0) is 7.28. The van der Waals surface area contributed by atoms with Gasteiger partial charge in [-0.3, -0.25) is 4.79 Å². The van der Waals surface area contributed by atoms with E-state index in [9.17, 15) is 4.79 Å². The number of hydrogen-bond acceptors (Lipinski definition) is 1. The molecule has 0 aliphatic heterocycles. The molecule has 10 heavy (non-hydrogen) atoms. The molecule has 0 bridgehead atoms. The van der Waals surface area contributed by atoms with Gasteiger partial charge in [-0.15, -0.1) is 0 Å². The van der Waals surface area contributed by atoms with E-state index >= 15 is 0 Å². The third-order valence-electron chi connectivity index (χ3n) is 1.64. The zero-order valence-electron chi connectivity index (χ0n) is 8.18. The van der Waals surface area contributed by atoms with E-state index in [-0.39, 0.29) is 36.9 Å². The summed E-state index contributed by atoms with van der Waals surface area (Å²) in [5, 5.41) is 0. The van der Waals surface area contributed by atoms with E-state index in [1.165, 1.54) is 0 Å². The van der Waals surface area contributed by atoms with Gasteiger partial charge < -0.3 is 7.16 Å². The first-order valence-corrected chi connectivity index (χ1v) is 3.49. The molecule has 0 aromatic rings. The molecular weight excluding hydrogens is 137 g/mol. The largest absolute Gasteiger partial charge is 1.00 e. The standard InChI is InChI=1S/C7H15NO.Na.H/c1-3-6(4-2)5-7(8)9;;/h6H,3-5H2,1-2H3,(H2,8,9);;/q;+1;-1. The minimum atomic E-state index is -0.177. The van der Waals surface area contributed by atoms with Crippen molar-refractivity contribution in [1.82, 2.24) is 0 Å². The Labute approximate surface area is 86.3 Å². The molecule has 0 aliphatic carbocycles. The average Bonchev–Trinajstić information content (AvgIpc) is 1.82. The van der Waals surface area contributed by atoms with E-state index in [4.69, 9.17) is 5.73 Å². The summed E-state index contributed by atoms with van der Waals surface area (Å²) in [6.07, 6.45) is 2.66. The van der Waals surface area contributed by atoms with E-state index in [0.717, 1.165) is 12.8 Å². The van der Waals surface area contributed by atoms with Crippen LogP contribution in [-0.2, 0) is 4.79 Å². The molecule has 0 fully saturated rings. The van der Waals surface area contributed by atoms with Gasteiger partial charge in [-0.05, 0) is 5.92 Å². The number of primary amides is 1. The molecule has 0 heterocycles. The monoisotopic (exact) mass is 153 g/mol. The van der Waals surface area contributed by atoms with E-state index in [1.807, 2.05) is 0 Å². The van der Waals surface area contributed by atoms with Crippen LogP contribution in [0.2, 0.25) is 0 Å². The summed E-state index contributed by atoms with van der Waals surface area (Å²) in [5.74, 6) is 0.325. The molecule has 0 radical (unpaired) electrons. The molecule has 0 aromatic carbocycles. The van der Waals surface area contributed by atoms with E-state index in [0.29, 0.717) is 12.3 Å². The van der Waals surface area contributed by atoms with Crippen molar-refractivity contribution < 1.29 is 35.8 Å². The second kappa shape index (κ2) is 7.58. The smallest absolute Gasteiger partial charge is 1.00 e. The van der Waals surface area contributed by atoms with Gasteiger partial charge in [0.25, 0.3) is 0 Å². The first-order chi connectivity index (χ1) is 4.20.